The first kappa shape index (κ1) is 21.8. The lowest BCUT2D eigenvalue weighted by Crippen LogP contribution is -2.31. The summed E-state index contributed by atoms with van der Waals surface area (Å²) in [4.78, 5) is 17.3. The van der Waals surface area contributed by atoms with Crippen LogP contribution in [-0.4, -0.2) is 21.5 Å². The molecule has 0 bridgehead atoms. The Morgan fingerprint density at radius 3 is 2.39 bits per heavy atom. The average molecular weight is 520 g/mol. The number of ketones is 1. The summed E-state index contributed by atoms with van der Waals surface area (Å²) in [5.74, 6) is -0.754. The van der Waals surface area contributed by atoms with Gasteiger partial charge in [-0.25, -0.2) is 4.98 Å². The molecule has 0 atom stereocenters. The highest BCUT2D eigenvalue weighted by molar-refractivity contribution is 9.10. The number of nitrogens with zero attached hydrogens (tertiary/aromatic N) is 1. The van der Waals surface area contributed by atoms with Crippen LogP contribution in [0.25, 0.3) is 33.5 Å². The molecule has 0 saturated carbocycles. The van der Waals surface area contributed by atoms with Gasteiger partial charge in [0.05, 0.1) is 21.8 Å². The van der Waals surface area contributed by atoms with Crippen molar-refractivity contribution in [1.82, 2.24) is 4.98 Å². The zero-order valence-corrected chi connectivity index (χ0v) is 19.6. The Kier molecular flexibility index (Phi) is 5.60. The number of pyridine rings is 1. The van der Waals surface area contributed by atoms with E-state index in [2.05, 4.69) is 20.9 Å². The highest BCUT2D eigenvalue weighted by Gasteiger charge is 2.32. The Morgan fingerprint density at radius 1 is 1.10 bits per heavy atom. The monoisotopic (exact) mass is 518 g/mol. The molecule has 2 aromatic carbocycles. The second kappa shape index (κ2) is 7.95. The van der Waals surface area contributed by atoms with Crippen molar-refractivity contribution < 1.29 is 14.3 Å². The summed E-state index contributed by atoms with van der Waals surface area (Å²) in [6.45, 7) is 2.75. The molecule has 8 heteroatoms. The molecule has 2 aromatic heterocycles. The predicted molar refractivity (Wildman–Crippen MR) is 128 cm³/mol. The van der Waals surface area contributed by atoms with E-state index in [4.69, 9.17) is 33.4 Å². The van der Waals surface area contributed by atoms with E-state index in [-0.39, 0.29) is 17.2 Å². The van der Waals surface area contributed by atoms with Crippen molar-refractivity contribution in [1.29, 1.82) is 0 Å². The highest BCUT2D eigenvalue weighted by Crippen LogP contribution is 2.40. The minimum absolute atomic E-state index is 0.123. The number of hydrogen-bond donors (Lipinski definition) is 2. The molecule has 158 valence electrons. The maximum absolute atomic E-state index is 12.6. The van der Waals surface area contributed by atoms with E-state index in [0.29, 0.717) is 26.7 Å². The van der Waals surface area contributed by atoms with Crippen LogP contribution >= 0.6 is 39.1 Å². The quantitative estimate of drug-likeness (QED) is 0.290. The number of aliphatic hydroxyl groups is 1. The van der Waals surface area contributed by atoms with Crippen LogP contribution in [0.2, 0.25) is 10.0 Å². The number of carbonyl (C=O) groups is 1. The Bertz CT molecular complexity index is 1330. The van der Waals surface area contributed by atoms with Crippen LogP contribution in [0.4, 0.5) is 5.69 Å². The van der Waals surface area contributed by atoms with Gasteiger partial charge in [-0.15, -0.1) is 0 Å². The number of hydrogen-bond acceptors (Lipinski definition) is 5. The molecule has 0 aliphatic rings. The number of Topliss-reactive ketones (excluding diaryl/α,β-unsaturated/α-hetero) is 1. The van der Waals surface area contributed by atoms with Crippen molar-refractivity contribution >= 4 is 61.7 Å². The first-order chi connectivity index (χ1) is 14.6. The van der Waals surface area contributed by atoms with E-state index < -0.39 is 11.4 Å². The molecule has 31 heavy (non-hydrogen) atoms. The van der Waals surface area contributed by atoms with Crippen molar-refractivity contribution in [2.45, 2.75) is 19.4 Å². The molecule has 3 N–H and O–H groups in total. The van der Waals surface area contributed by atoms with Gasteiger partial charge in [0.2, 0.25) is 11.5 Å². The second-order valence-electron chi connectivity index (χ2n) is 7.60. The normalized spacial score (nSPS) is 11.8. The van der Waals surface area contributed by atoms with Crippen LogP contribution in [-0.2, 0) is 0 Å². The zero-order valence-electron chi connectivity index (χ0n) is 16.5. The smallest absolute Gasteiger partial charge is 0.231 e. The summed E-state index contributed by atoms with van der Waals surface area (Å²) in [7, 11) is 0. The molecule has 0 amide bonds. The van der Waals surface area contributed by atoms with Crippen LogP contribution in [0.1, 0.15) is 24.4 Å². The Morgan fingerprint density at radius 2 is 1.77 bits per heavy atom. The number of anilines is 1. The van der Waals surface area contributed by atoms with Gasteiger partial charge in [0.1, 0.15) is 5.60 Å². The predicted octanol–water partition coefficient (Wildman–Crippen LogP) is 6.77. The highest BCUT2D eigenvalue weighted by atomic mass is 79.9. The number of carbonyl (C=O) groups excluding carboxylic acids is 1. The van der Waals surface area contributed by atoms with Crippen LogP contribution in [0.5, 0.6) is 0 Å². The number of nitrogen functional groups attached to an aromatic ring is 1. The van der Waals surface area contributed by atoms with Crippen molar-refractivity contribution in [3.63, 3.8) is 0 Å². The number of benzene rings is 2. The SMILES string of the molecule is CC(C)(O)C(=O)c1oc2nc(-c3ccc(Br)cc3Cl)c(-c3ccc(Cl)cc3)cc2c1N. The Balaban J connectivity index is 2.03. The van der Waals surface area contributed by atoms with Gasteiger partial charge >= 0.3 is 0 Å². The third-order valence-electron chi connectivity index (χ3n) is 4.82. The molecule has 4 rings (SSSR count). The molecule has 0 aliphatic heterocycles. The number of halogens is 3. The Hall–Kier alpha value is -2.38. The van der Waals surface area contributed by atoms with Gasteiger partial charge in [0.25, 0.3) is 0 Å². The van der Waals surface area contributed by atoms with Gasteiger partial charge in [-0.05, 0) is 49.7 Å². The summed E-state index contributed by atoms with van der Waals surface area (Å²) in [5, 5.41) is 11.7. The van der Waals surface area contributed by atoms with E-state index in [1.165, 1.54) is 13.8 Å². The Labute approximate surface area is 196 Å². The lowest BCUT2D eigenvalue weighted by Gasteiger charge is -2.13. The molecule has 0 radical (unpaired) electrons. The molecule has 4 aromatic rings. The van der Waals surface area contributed by atoms with Crippen LogP contribution in [0.3, 0.4) is 0 Å². The van der Waals surface area contributed by atoms with Gasteiger partial charge in [0, 0.05) is 20.6 Å². The number of aromatic nitrogens is 1. The van der Waals surface area contributed by atoms with Crippen LogP contribution in [0, 0.1) is 0 Å². The maximum atomic E-state index is 12.6. The second-order valence-corrected chi connectivity index (χ2v) is 9.36. The molecule has 0 unspecified atom stereocenters. The van der Waals surface area contributed by atoms with Crippen LogP contribution in [0.15, 0.2) is 57.4 Å². The summed E-state index contributed by atoms with van der Waals surface area (Å²) in [6.07, 6.45) is 0. The molecule has 0 fully saturated rings. The lowest BCUT2D eigenvalue weighted by atomic mass is 9.97. The largest absolute Gasteiger partial charge is 0.432 e. The lowest BCUT2D eigenvalue weighted by molar-refractivity contribution is 0.0462. The third-order valence-corrected chi connectivity index (χ3v) is 5.88. The first-order valence-electron chi connectivity index (χ1n) is 9.28. The number of rotatable bonds is 4. The van der Waals surface area contributed by atoms with Gasteiger partial charge in [0.15, 0.2) is 5.76 Å². The van der Waals surface area contributed by atoms with Crippen LogP contribution < -0.4 is 5.73 Å². The molecular weight excluding hydrogens is 503 g/mol. The summed E-state index contributed by atoms with van der Waals surface area (Å²) >= 11 is 16.0. The van der Waals surface area contributed by atoms with E-state index in [0.717, 1.165) is 15.6 Å². The van der Waals surface area contributed by atoms with Gasteiger partial charge in [-0.2, -0.15) is 0 Å². The van der Waals surface area contributed by atoms with Gasteiger partial charge < -0.3 is 15.3 Å². The van der Waals surface area contributed by atoms with Crippen molar-refractivity contribution in [3.05, 3.63) is 68.8 Å². The zero-order chi connectivity index (χ0) is 22.5. The molecule has 2 heterocycles. The average Bonchev–Trinajstić information content (AvgIpc) is 3.02. The molecule has 5 nitrogen and oxygen atoms in total. The minimum Gasteiger partial charge on any atom is -0.432 e. The van der Waals surface area contributed by atoms with E-state index in [9.17, 15) is 9.90 Å². The number of fused-ring (bicyclic) bond motifs is 1. The standard InChI is InChI=1S/C23H17BrCl2N2O3/c1-23(2,30)21(29)20-18(27)16-10-15(11-3-6-13(25)7-4-11)19(28-22(16)31-20)14-8-5-12(24)9-17(14)26/h3-10,30H,27H2,1-2H3. The fraction of sp³-hybridized carbons (Fsp3) is 0.130. The third kappa shape index (κ3) is 4.08. The fourth-order valence-corrected chi connectivity index (χ4v) is 4.11. The topological polar surface area (TPSA) is 89.3 Å². The van der Waals surface area contributed by atoms with Gasteiger partial charge in [-0.3, -0.25) is 4.79 Å². The van der Waals surface area contributed by atoms with Crippen molar-refractivity contribution in [2.24, 2.45) is 0 Å². The number of nitrogens with two attached hydrogens (primary N) is 1. The summed E-state index contributed by atoms with van der Waals surface area (Å²) < 4.78 is 6.53. The molecule has 0 saturated heterocycles. The van der Waals surface area contributed by atoms with E-state index >= 15 is 0 Å². The minimum atomic E-state index is -1.64. The molecule has 0 spiro atoms. The molecular formula is C23H17BrCl2N2O3. The number of furan rings is 1. The van der Waals surface area contributed by atoms with E-state index in [1.807, 2.05) is 24.3 Å². The van der Waals surface area contributed by atoms with E-state index in [1.54, 1.807) is 24.3 Å². The van der Waals surface area contributed by atoms with Crippen molar-refractivity contribution in [2.75, 3.05) is 5.73 Å². The fourth-order valence-electron chi connectivity index (χ4n) is 3.22. The van der Waals surface area contributed by atoms with Crippen molar-refractivity contribution in [3.8, 4) is 22.4 Å². The molecule has 0 aliphatic carbocycles. The van der Waals surface area contributed by atoms with Gasteiger partial charge in [-0.1, -0.05) is 57.3 Å². The first-order valence-corrected chi connectivity index (χ1v) is 10.8. The summed E-state index contributed by atoms with van der Waals surface area (Å²) in [5.41, 5.74) is 7.71. The maximum Gasteiger partial charge on any atom is 0.231 e. The summed E-state index contributed by atoms with van der Waals surface area (Å²) in [6, 6.07) is 14.5.